The van der Waals surface area contributed by atoms with Crippen LogP contribution in [0.15, 0.2) is 42.7 Å². The standard InChI is InChI=1S/C18H21N3/c1-2-20-18(16-6-7-16)17-8-9-21(13-17)12-15-5-3-4-14(10-15)11-19/h3-5,8-10,13,16,18,20H,2,6-7,12H2,1H3. The maximum Gasteiger partial charge on any atom is 0.0991 e. The first-order chi connectivity index (χ1) is 10.3. The van der Waals surface area contributed by atoms with Crippen molar-refractivity contribution in [2.75, 3.05) is 6.54 Å². The minimum absolute atomic E-state index is 0.502. The van der Waals surface area contributed by atoms with Gasteiger partial charge in [-0.05, 0) is 54.6 Å². The Morgan fingerprint density at radius 3 is 2.95 bits per heavy atom. The molecule has 21 heavy (non-hydrogen) atoms. The summed E-state index contributed by atoms with van der Waals surface area (Å²) < 4.78 is 2.21. The third kappa shape index (κ3) is 3.34. The van der Waals surface area contributed by atoms with E-state index in [1.807, 2.05) is 18.2 Å². The van der Waals surface area contributed by atoms with E-state index < -0.39 is 0 Å². The van der Waals surface area contributed by atoms with E-state index in [9.17, 15) is 0 Å². The molecule has 1 atom stereocenters. The van der Waals surface area contributed by atoms with Gasteiger partial charge in [0.25, 0.3) is 0 Å². The first kappa shape index (κ1) is 13.9. The fourth-order valence-corrected chi connectivity index (χ4v) is 2.90. The molecule has 108 valence electrons. The van der Waals surface area contributed by atoms with E-state index >= 15 is 0 Å². The molecule has 1 saturated carbocycles. The minimum Gasteiger partial charge on any atom is -0.350 e. The van der Waals surface area contributed by atoms with Crippen LogP contribution in [0.1, 0.15) is 42.5 Å². The number of hydrogen-bond acceptors (Lipinski definition) is 2. The number of nitrogens with one attached hydrogen (secondary N) is 1. The first-order valence-corrected chi connectivity index (χ1v) is 7.68. The van der Waals surface area contributed by atoms with Crippen molar-refractivity contribution in [3.8, 4) is 6.07 Å². The van der Waals surface area contributed by atoms with Gasteiger partial charge >= 0.3 is 0 Å². The maximum absolute atomic E-state index is 8.97. The summed E-state index contributed by atoms with van der Waals surface area (Å²) in [4.78, 5) is 0. The largest absolute Gasteiger partial charge is 0.350 e. The highest BCUT2D eigenvalue weighted by Crippen LogP contribution is 2.41. The minimum atomic E-state index is 0.502. The average molecular weight is 279 g/mol. The van der Waals surface area contributed by atoms with Crippen molar-refractivity contribution in [1.29, 1.82) is 5.26 Å². The van der Waals surface area contributed by atoms with Gasteiger partial charge in [-0.2, -0.15) is 5.26 Å². The summed E-state index contributed by atoms with van der Waals surface area (Å²) >= 11 is 0. The first-order valence-electron chi connectivity index (χ1n) is 7.68. The number of benzene rings is 1. The summed E-state index contributed by atoms with van der Waals surface area (Å²) in [5.41, 5.74) is 3.28. The van der Waals surface area contributed by atoms with Gasteiger partial charge in [-0.25, -0.2) is 0 Å². The summed E-state index contributed by atoms with van der Waals surface area (Å²) in [5, 5.41) is 12.6. The van der Waals surface area contributed by atoms with E-state index in [2.05, 4.69) is 47.4 Å². The second-order valence-corrected chi connectivity index (χ2v) is 5.80. The summed E-state index contributed by atoms with van der Waals surface area (Å²) in [7, 11) is 0. The van der Waals surface area contributed by atoms with Gasteiger partial charge in [-0.3, -0.25) is 0 Å². The summed E-state index contributed by atoms with van der Waals surface area (Å²) in [6, 6.07) is 12.7. The van der Waals surface area contributed by atoms with E-state index in [0.717, 1.165) is 24.6 Å². The van der Waals surface area contributed by atoms with Gasteiger partial charge < -0.3 is 9.88 Å². The van der Waals surface area contributed by atoms with E-state index in [-0.39, 0.29) is 0 Å². The molecule has 0 bridgehead atoms. The van der Waals surface area contributed by atoms with E-state index in [4.69, 9.17) is 5.26 Å². The topological polar surface area (TPSA) is 40.8 Å². The molecule has 0 radical (unpaired) electrons. The molecule has 3 heteroatoms. The molecule has 1 unspecified atom stereocenters. The van der Waals surface area contributed by atoms with Crippen LogP contribution in [0, 0.1) is 17.2 Å². The molecule has 3 rings (SSSR count). The third-order valence-electron chi connectivity index (χ3n) is 4.07. The smallest absolute Gasteiger partial charge is 0.0991 e. The molecule has 1 N–H and O–H groups in total. The van der Waals surface area contributed by atoms with Gasteiger partial charge in [0.15, 0.2) is 0 Å². The lowest BCUT2D eigenvalue weighted by Gasteiger charge is -2.15. The Hall–Kier alpha value is -2.05. The highest BCUT2D eigenvalue weighted by atomic mass is 15.0. The van der Waals surface area contributed by atoms with Crippen molar-refractivity contribution in [3.05, 3.63) is 59.4 Å². The lowest BCUT2D eigenvalue weighted by Crippen LogP contribution is -2.22. The van der Waals surface area contributed by atoms with Crippen LogP contribution in [0.4, 0.5) is 0 Å². The van der Waals surface area contributed by atoms with Crippen LogP contribution in [0.25, 0.3) is 0 Å². The Morgan fingerprint density at radius 1 is 1.38 bits per heavy atom. The van der Waals surface area contributed by atoms with Crippen molar-refractivity contribution in [3.63, 3.8) is 0 Å². The molecule has 1 aromatic heterocycles. The zero-order chi connectivity index (χ0) is 14.7. The van der Waals surface area contributed by atoms with Gasteiger partial charge in [-0.15, -0.1) is 0 Å². The van der Waals surface area contributed by atoms with Crippen molar-refractivity contribution >= 4 is 0 Å². The number of nitrogens with zero attached hydrogens (tertiary/aromatic N) is 2. The van der Waals surface area contributed by atoms with Crippen LogP contribution in [0.3, 0.4) is 0 Å². The normalized spacial score (nSPS) is 15.6. The van der Waals surface area contributed by atoms with Gasteiger partial charge in [-0.1, -0.05) is 19.1 Å². The molecular weight excluding hydrogens is 258 g/mol. The number of nitriles is 1. The Kier molecular flexibility index (Phi) is 4.08. The molecule has 0 aliphatic heterocycles. The van der Waals surface area contributed by atoms with Crippen molar-refractivity contribution < 1.29 is 0 Å². The zero-order valence-electron chi connectivity index (χ0n) is 12.4. The molecule has 0 spiro atoms. The van der Waals surface area contributed by atoms with Crippen molar-refractivity contribution in [2.45, 2.75) is 32.4 Å². The van der Waals surface area contributed by atoms with Gasteiger partial charge in [0.1, 0.15) is 0 Å². The second-order valence-electron chi connectivity index (χ2n) is 5.80. The lowest BCUT2D eigenvalue weighted by molar-refractivity contribution is 0.495. The molecule has 1 aromatic carbocycles. The Bertz CT molecular complexity index is 646. The molecule has 2 aromatic rings. The van der Waals surface area contributed by atoms with E-state index in [1.165, 1.54) is 24.0 Å². The molecular formula is C18H21N3. The fraction of sp³-hybridized carbons (Fsp3) is 0.389. The van der Waals surface area contributed by atoms with Crippen molar-refractivity contribution in [1.82, 2.24) is 9.88 Å². The number of rotatable bonds is 6. The van der Waals surface area contributed by atoms with Crippen LogP contribution in [-0.2, 0) is 6.54 Å². The summed E-state index contributed by atoms with van der Waals surface area (Å²) in [5.74, 6) is 0.808. The molecule has 1 aliphatic rings. The predicted molar refractivity (Wildman–Crippen MR) is 83.8 cm³/mol. The maximum atomic E-state index is 8.97. The second kappa shape index (κ2) is 6.15. The fourth-order valence-electron chi connectivity index (χ4n) is 2.90. The predicted octanol–water partition coefficient (Wildman–Crippen LogP) is 3.47. The molecule has 1 aliphatic carbocycles. The van der Waals surface area contributed by atoms with Crippen molar-refractivity contribution in [2.24, 2.45) is 5.92 Å². The molecule has 1 fully saturated rings. The Labute approximate surface area is 126 Å². The van der Waals surface area contributed by atoms with E-state index in [1.54, 1.807) is 0 Å². The SMILES string of the molecule is CCNC(c1ccn(Cc2cccc(C#N)c2)c1)C1CC1. The third-order valence-corrected chi connectivity index (χ3v) is 4.07. The molecule has 0 saturated heterocycles. The van der Waals surface area contributed by atoms with Gasteiger partial charge in [0, 0.05) is 25.0 Å². The highest BCUT2D eigenvalue weighted by Gasteiger charge is 2.31. The molecule has 1 heterocycles. The Balaban J connectivity index is 1.73. The average Bonchev–Trinajstić information content (AvgIpc) is 3.25. The molecule has 0 amide bonds. The van der Waals surface area contributed by atoms with Gasteiger partial charge in [0.2, 0.25) is 0 Å². The summed E-state index contributed by atoms with van der Waals surface area (Å²) in [6.07, 6.45) is 7.06. The lowest BCUT2D eigenvalue weighted by atomic mass is 10.1. The number of aromatic nitrogens is 1. The van der Waals surface area contributed by atoms with Crippen LogP contribution >= 0.6 is 0 Å². The van der Waals surface area contributed by atoms with Crippen LogP contribution in [0.5, 0.6) is 0 Å². The number of hydrogen-bond donors (Lipinski definition) is 1. The highest BCUT2D eigenvalue weighted by molar-refractivity contribution is 5.33. The quantitative estimate of drug-likeness (QED) is 0.879. The Morgan fingerprint density at radius 2 is 2.24 bits per heavy atom. The van der Waals surface area contributed by atoms with Gasteiger partial charge in [0.05, 0.1) is 11.6 Å². The van der Waals surface area contributed by atoms with Crippen LogP contribution < -0.4 is 5.32 Å². The van der Waals surface area contributed by atoms with Crippen LogP contribution in [0.2, 0.25) is 0 Å². The zero-order valence-corrected chi connectivity index (χ0v) is 12.4. The molecule has 3 nitrogen and oxygen atoms in total. The van der Waals surface area contributed by atoms with Crippen LogP contribution in [-0.4, -0.2) is 11.1 Å². The monoisotopic (exact) mass is 279 g/mol. The summed E-state index contributed by atoms with van der Waals surface area (Å²) in [6.45, 7) is 4.00. The van der Waals surface area contributed by atoms with E-state index in [0.29, 0.717) is 6.04 Å².